The smallest absolute Gasteiger partial charge is 0.119 e. The molecule has 3 nitrogen and oxygen atoms in total. The predicted molar refractivity (Wildman–Crippen MR) is 75.0 cm³/mol. The Labute approximate surface area is 110 Å². The van der Waals surface area contributed by atoms with Crippen LogP contribution >= 0.6 is 0 Å². The normalized spacial score (nSPS) is 14.6. The molecule has 1 unspecified atom stereocenters. The van der Waals surface area contributed by atoms with Crippen molar-refractivity contribution in [2.24, 2.45) is 0 Å². The maximum atomic E-state index is 10.9. The van der Waals surface area contributed by atoms with Crippen molar-refractivity contribution in [2.75, 3.05) is 27.7 Å². The van der Waals surface area contributed by atoms with Crippen molar-refractivity contribution in [2.45, 2.75) is 31.8 Å². The fourth-order valence-corrected chi connectivity index (χ4v) is 2.15. The second-order valence-corrected chi connectivity index (χ2v) is 5.07. The SMILES string of the molecule is CCCC(O)(CCN(C)C)c1cccc(OC)c1. The van der Waals surface area contributed by atoms with Gasteiger partial charge in [-0.25, -0.2) is 0 Å². The van der Waals surface area contributed by atoms with Gasteiger partial charge in [0, 0.05) is 6.54 Å². The summed E-state index contributed by atoms with van der Waals surface area (Å²) in [6.45, 7) is 2.97. The van der Waals surface area contributed by atoms with E-state index in [-0.39, 0.29) is 0 Å². The lowest BCUT2D eigenvalue weighted by molar-refractivity contribution is 0.0115. The number of hydrogen-bond acceptors (Lipinski definition) is 3. The minimum absolute atomic E-state index is 0.737. The van der Waals surface area contributed by atoms with Crippen LogP contribution in [0.4, 0.5) is 0 Å². The Morgan fingerprint density at radius 1 is 1.28 bits per heavy atom. The lowest BCUT2D eigenvalue weighted by atomic mass is 9.86. The van der Waals surface area contributed by atoms with Crippen LogP contribution in [0.3, 0.4) is 0 Å². The number of benzene rings is 1. The van der Waals surface area contributed by atoms with Crippen LogP contribution in [-0.4, -0.2) is 37.8 Å². The topological polar surface area (TPSA) is 32.7 Å². The van der Waals surface area contributed by atoms with E-state index in [4.69, 9.17) is 4.74 Å². The Balaban J connectivity index is 2.93. The molecular weight excluding hydrogens is 226 g/mol. The monoisotopic (exact) mass is 251 g/mol. The van der Waals surface area contributed by atoms with Crippen molar-refractivity contribution >= 4 is 0 Å². The van der Waals surface area contributed by atoms with Gasteiger partial charge in [-0.05, 0) is 44.6 Å². The van der Waals surface area contributed by atoms with E-state index in [1.165, 1.54) is 0 Å². The molecule has 0 saturated carbocycles. The van der Waals surface area contributed by atoms with Crippen molar-refractivity contribution < 1.29 is 9.84 Å². The number of methoxy groups -OCH3 is 1. The van der Waals surface area contributed by atoms with Gasteiger partial charge in [-0.3, -0.25) is 0 Å². The van der Waals surface area contributed by atoms with Crippen molar-refractivity contribution in [3.05, 3.63) is 29.8 Å². The first-order valence-electron chi connectivity index (χ1n) is 6.53. The molecule has 0 bridgehead atoms. The fraction of sp³-hybridized carbons (Fsp3) is 0.600. The zero-order valence-corrected chi connectivity index (χ0v) is 11.9. The first kappa shape index (κ1) is 15.0. The molecule has 3 heteroatoms. The number of aliphatic hydroxyl groups is 1. The van der Waals surface area contributed by atoms with Gasteiger partial charge in [0.25, 0.3) is 0 Å². The minimum Gasteiger partial charge on any atom is -0.497 e. The van der Waals surface area contributed by atoms with Crippen LogP contribution < -0.4 is 4.74 Å². The standard InChI is InChI=1S/C15H25NO2/c1-5-9-15(17,10-11-16(2)3)13-7-6-8-14(12-13)18-4/h6-8,12,17H,5,9-11H2,1-4H3. The number of rotatable bonds is 7. The number of ether oxygens (including phenoxy) is 1. The van der Waals surface area contributed by atoms with Crippen LogP contribution in [0.2, 0.25) is 0 Å². The summed E-state index contributed by atoms with van der Waals surface area (Å²) in [6.07, 6.45) is 2.47. The predicted octanol–water partition coefficient (Wildman–Crippen LogP) is 2.63. The highest BCUT2D eigenvalue weighted by atomic mass is 16.5. The molecule has 0 aliphatic carbocycles. The third-order valence-corrected chi connectivity index (χ3v) is 3.24. The third-order valence-electron chi connectivity index (χ3n) is 3.24. The molecule has 1 rings (SSSR count). The van der Waals surface area contributed by atoms with E-state index in [1.54, 1.807) is 7.11 Å². The van der Waals surface area contributed by atoms with Gasteiger partial charge in [0.1, 0.15) is 5.75 Å². The summed E-state index contributed by atoms with van der Waals surface area (Å²) in [4.78, 5) is 2.10. The molecular formula is C15H25NO2. The Hall–Kier alpha value is -1.06. The van der Waals surface area contributed by atoms with Crippen LogP contribution in [0, 0.1) is 0 Å². The van der Waals surface area contributed by atoms with E-state index in [0.717, 1.165) is 37.1 Å². The molecule has 0 aromatic heterocycles. The van der Waals surface area contributed by atoms with Crippen LogP contribution in [-0.2, 0) is 5.60 Å². The Morgan fingerprint density at radius 2 is 2.00 bits per heavy atom. The molecule has 18 heavy (non-hydrogen) atoms. The summed E-state index contributed by atoms with van der Waals surface area (Å²) in [5.74, 6) is 0.798. The largest absolute Gasteiger partial charge is 0.497 e. The maximum Gasteiger partial charge on any atom is 0.119 e. The van der Waals surface area contributed by atoms with Gasteiger partial charge in [0.2, 0.25) is 0 Å². The first-order valence-corrected chi connectivity index (χ1v) is 6.53. The van der Waals surface area contributed by atoms with Gasteiger partial charge in [-0.1, -0.05) is 25.5 Å². The van der Waals surface area contributed by atoms with Gasteiger partial charge in [0.05, 0.1) is 12.7 Å². The van der Waals surface area contributed by atoms with Crippen molar-refractivity contribution in [3.63, 3.8) is 0 Å². The van der Waals surface area contributed by atoms with E-state index >= 15 is 0 Å². The second kappa shape index (κ2) is 6.76. The second-order valence-electron chi connectivity index (χ2n) is 5.07. The van der Waals surface area contributed by atoms with Gasteiger partial charge >= 0.3 is 0 Å². The highest BCUT2D eigenvalue weighted by Gasteiger charge is 2.28. The first-order chi connectivity index (χ1) is 8.51. The van der Waals surface area contributed by atoms with E-state index in [0.29, 0.717) is 0 Å². The van der Waals surface area contributed by atoms with Crippen LogP contribution in [0.1, 0.15) is 31.7 Å². The highest BCUT2D eigenvalue weighted by molar-refractivity contribution is 5.32. The molecule has 102 valence electrons. The van der Waals surface area contributed by atoms with Crippen LogP contribution in [0.5, 0.6) is 5.75 Å². The van der Waals surface area contributed by atoms with Crippen molar-refractivity contribution in [1.29, 1.82) is 0 Å². The average molecular weight is 251 g/mol. The summed E-state index contributed by atoms with van der Waals surface area (Å²) < 4.78 is 5.23. The Bertz CT molecular complexity index is 365. The van der Waals surface area contributed by atoms with Crippen LogP contribution in [0.25, 0.3) is 0 Å². The van der Waals surface area contributed by atoms with Crippen LogP contribution in [0.15, 0.2) is 24.3 Å². The number of nitrogens with zero attached hydrogens (tertiary/aromatic N) is 1. The Kier molecular flexibility index (Phi) is 5.63. The zero-order chi connectivity index (χ0) is 13.6. The lowest BCUT2D eigenvalue weighted by Gasteiger charge is -2.30. The molecule has 0 fully saturated rings. The fourth-order valence-electron chi connectivity index (χ4n) is 2.15. The summed E-state index contributed by atoms with van der Waals surface area (Å²) in [5.41, 5.74) is 0.193. The molecule has 1 aromatic rings. The van der Waals surface area contributed by atoms with E-state index < -0.39 is 5.60 Å². The quantitative estimate of drug-likeness (QED) is 0.808. The summed E-state index contributed by atoms with van der Waals surface area (Å²) in [7, 11) is 5.70. The molecule has 0 amide bonds. The van der Waals surface area contributed by atoms with Gasteiger partial charge in [-0.15, -0.1) is 0 Å². The Morgan fingerprint density at radius 3 is 2.56 bits per heavy atom. The van der Waals surface area contributed by atoms with Gasteiger partial charge < -0.3 is 14.7 Å². The molecule has 0 heterocycles. The molecule has 0 aliphatic rings. The lowest BCUT2D eigenvalue weighted by Crippen LogP contribution is -2.30. The molecule has 1 aromatic carbocycles. The van der Waals surface area contributed by atoms with Crippen molar-refractivity contribution in [1.82, 2.24) is 4.90 Å². The van der Waals surface area contributed by atoms with Gasteiger partial charge in [-0.2, -0.15) is 0 Å². The average Bonchev–Trinajstić information content (AvgIpc) is 2.37. The van der Waals surface area contributed by atoms with Crippen molar-refractivity contribution in [3.8, 4) is 5.75 Å². The summed E-state index contributed by atoms with van der Waals surface area (Å²) in [6, 6.07) is 7.76. The summed E-state index contributed by atoms with van der Waals surface area (Å²) >= 11 is 0. The highest BCUT2D eigenvalue weighted by Crippen LogP contribution is 2.32. The maximum absolute atomic E-state index is 10.9. The molecule has 0 spiro atoms. The van der Waals surface area contributed by atoms with E-state index in [2.05, 4.69) is 11.8 Å². The molecule has 0 radical (unpaired) electrons. The third kappa shape index (κ3) is 4.00. The van der Waals surface area contributed by atoms with E-state index in [1.807, 2.05) is 38.4 Å². The molecule has 1 N–H and O–H groups in total. The molecule has 1 atom stereocenters. The van der Waals surface area contributed by atoms with Gasteiger partial charge in [0.15, 0.2) is 0 Å². The minimum atomic E-state index is -0.756. The zero-order valence-electron chi connectivity index (χ0n) is 11.9. The number of hydrogen-bond donors (Lipinski definition) is 1. The molecule has 0 aliphatic heterocycles. The summed E-state index contributed by atoms with van der Waals surface area (Å²) in [5, 5.41) is 10.9. The molecule has 0 saturated heterocycles. The van der Waals surface area contributed by atoms with E-state index in [9.17, 15) is 5.11 Å².